The van der Waals surface area contributed by atoms with Gasteiger partial charge in [-0.15, -0.1) is 0 Å². The van der Waals surface area contributed by atoms with E-state index in [0.717, 1.165) is 5.57 Å². The Labute approximate surface area is 117 Å². The zero-order valence-corrected chi connectivity index (χ0v) is 11.4. The Morgan fingerprint density at radius 3 is 1.86 bits per heavy atom. The first-order valence-corrected chi connectivity index (χ1v) is 5.85. The first-order chi connectivity index (χ1) is 9.45. The van der Waals surface area contributed by atoms with Crippen molar-refractivity contribution in [1.29, 1.82) is 0 Å². The zero-order chi connectivity index (χ0) is 16.7. The molecule has 122 valence electrons. The molecule has 0 saturated carbocycles. The standard InChI is InChI=1S/C12H15F5O4/c1-8(2)5-6-20-9(18)3-4-10(19)21-7-11(13,14)12(15,16)17/h5H,3-4,6-7H2,1-2H3. The minimum Gasteiger partial charge on any atom is -0.461 e. The highest BCUT2D eigenvalue weighted by atomic mass is 19.4. The average Bonchev–Trinajstić information content (AvgIpc) is 2.32. The van der Waals surface area contributed by atoms with Crippen molar-refractivity contribution in [3.63, 3.8) is 0 Å². The molecule has 0 aliphatic heterocycles. The molecule has 4 nitrogen and oxygen atoms in total. The van der Waals surface area contributed by atoms with Crippen LogP contribution in [0.3, 0.4) is 0 Å². The summed E-state index contributed by atoms with van der Waals surface area (Å²) in [6, 6.07) is 0. The van der Waals surface area contributed by atoms with Crippen molar-refractivity contribution in [2.24, 2.45) is 0 Å². The summed E-state index contributed by atoms with van der Waals surface area (Å²) < 4.78 is 68.7. The SMILES string of the molecule is CC(C)=CCOC(=O)CCC(=O)OCC(F)(F)C(F)(F)F. The summed E-state index contributed by atoms with van der Waals surface area (Å²) in [6.45, 7) is 1.42. The van der Waals surface area contributed by atoms with Gasteiger partial charge >= 0.3 is 24.0 Å². The summed E-state index contributed by atoms with van der Waals surface area (Å²) in [6.07, 6.45) is -5.30. The van der Waals surface area contributed by atoms with Crippen LogP contribution in [0, 0.1) is 0 Å². The molecule has 0 aromatic rings. The molecule has 0 heterocycles. The predicted octanol–water partition coefficient (Wildman–Crippen LogP) is 3.02. The Bertz CT molecular complexity index is 397. The molecule has 0 aromatic heterocycles. The molecule has 0 spiro atoms. The number of carbonyl (C=O) groups excluding carboxylic acids is 2. The Morgan fingerprint density at radius 2 is 1.43 bits per heavy atom. The van der Waals surface area contributed by atoms with E-state index in [0.29, 0.717) is 0 Å². The van der Waals surface area contributed by atoms with E-state index in [1.807, 2.05) is 0 Å². The van der Waals surface area contributed by atoms with Crippen molar-refractivity contribution in [3.8, 4) is 0 Å². The van der Waals surface area contributed by atoms with Crippen molar-refractivity contribution in [2.75, 3.05) is 13.2 Å². The van der Waals surface area contributed by atoms with Gasteiger partial charge in [-0.05, 0) is 19.9 Å². The van der Waals surface area contributed by atoms with Gasteiger partial charge in [-0.1, -0.05) is 5.57 Å². The summed E-state index contributed by atoms with van der Waals surface area (Å²) in [7, 11) is 0. The molecule has 0 aliphatic rings. The lowest BCUT2D eigenvalue weighted by Crippen LogP contribution is -2.41. The topological polar surface area (TPSA) is 52.6 Å². The molecule has 0 bridgehead atoms. The van der Waals surface area contributed by atoms with Gasteiger partial charge in [-0.3, -0.25) is 9.59 Å². The van der Waals surface area contributed by atoms with Crippen molar-refractivity contribution >= 4 is 11.9 Å². The van der Waals surface area contributed by atoms with Crippen LogP contribution in [0.25, 0.3) is 0 Å². The second-order valence-corrected chi connectivity index (χ2v) is 4.33. The highest BCUT2D eigenvalue weighted by Crippen LogP contribution is 2.35. The van der Waals surface area contributed by atoms with E-state index in [2.05, 4.69) is 9.47 Å². The Balaban J connectivity index is 4.01. The first kappa shape index (κ1) is 19.3. The number of alkyl halides is 5. The number of hydrogen-bond donors (Lipinski definition) is 0. The summed E-state index contributed by atoms with van der Waals surface area (Å²) in [4.78, 5) is 22.1. The smallest absolute Gasteiger partial charge is 0.456 e. The normalized spacial score (nSPS) is 11.8. The van der Waals surface area contributed by atoms with Crippen LogP contribution in [0.2, 0.25) is 0 Å². The van der Waals surface area contributed by atoms with Gasteiger partial charge in [0.05, 0.1) is 12.8 Å². The molecular formula is C12H15F5O4. The van der Waals surface area contributed by atoms with E-state index in [1.165, 1.54) is 0 Å². The molecule has 0 unspecified atom stereocenters. The van der Waals surface area contributed by atoms with E-state index >= 15 is 0 Å². The second kappa shape index (κ2) is 7.94. The lowest BCUT2D eigenvalue weighted by Gasteiger charge is -2.18. The zero-order valence-electron chi connectivity index (χ0n) is 11.4. The summed E-state index contributed by atoms with van der Waals surface area (Å²) in [5.74, 6) is -7.24. The van der Waals surface area contributed by atoms with Gasteiger partial charge in [0.1, 0.15) is 6.61 Å². The van der Waals surface area contributed by atoms with Crippen LogP contribution >= 0.6 is 0 Å². The van der Waals surface area contributed by atoms with Gasteiger partial charge in [0, 0.05) is 0 Å². The van der Waals surface area contributed by atoms with Gasteiger partial charge in [0.25, 0.3) is 0 Å². The molecule has 0 fully saturated rings. The van der Waals surface area contributed by atoms with E-state index in [4.69, 9.17) is 0 Å². The van der Waals surface area contributed by atoms with E-state index < -0.39 is 43.5 Å². The van der Waals surface area contributed by atoms with Gasteiger partial charge < -0.3 is 9.47 Å². The number of hydrogen-bond acceptors (Lipinski definition) is 4. The minimum atomic E-state index is -5.80. The molecule has 0 amide bonds. The fourth-order valence-corrected chi connectivity index (χ4v) is 0.903. The third kappa shape index (κ3) is 8.26. The van der Waals surface area contributed by atoms with Crippen LogP contribution in [-0.4, -0.2) is 37.3 Å². The molecular weight excluding hydrogens is 303 g/mol. The van der Waals surface area contributed by atoms with Crippen molar-refractivity contribution < 1.29 is 41.0 Å². The second-order valence-electron chi connectivity index (χ2n) is 4.33. The first-order valence-electron chi connectivity index (χ1n) is 5.85. The lowest BCUT2D eigenvalue weighted by atomic mass is 10.3. The lowest BCUT2D eigenvalue weighted by molar-refractivity contribution is -0.294. The van der Waals surface area contributed by atoms with E-state index in [-0.39, 0.29) is 6.61 Å². The number of esters is 2. The minimum absolute atomic E-state index is 0.0115. The highest BCUT2D eigenvalue weighted by Gasteiger charge is 2.58. The summed E-state index contributed by atoms with van der Waals surface area (Å²) >= 11 is 0. The van der Waals surface area contributed by atoms with Crippen LogP contribution in [-0.2, 0) is 19.1 Å². The van der Waals surface area contributed by atoms with Crippen LogP contribution in [0.4, 0.5) is 22.0 Å². The highest BCUT2D eigenvalue weighted by molar-refractivity contribution is 5.77. The Hall–Kier alpha value is -1.67. The molecule has 0 atom stereocenters. The third-order valence-electron chi connectivity index (χ3n) is 2.10. The number of carbonyl (C=O) groups is 2. The maximum Gasteiger partial charge on any atom is 0.456 e. The van der Waals surface area contributed by atoms with Crippen molar-refractivity contribution in [2.45, 2.75) is 38.8 Å². The predicted molar refractivity (Wildman–Crippen MR) is 61.6 cm³/mol. The number of ether oxygens (including phenoxy) is 2. The van der Waals surface area contributed by atoms with Crippen LogP contribution < -0.4 is 0 Å². The average molecular weight is 318 g/mol. The number of allylic oxidation sites excluding steroid dienone is 1. The molecule has 0 saturated heterocycles. The van der Waals surface area contributed by atoms with Crippen molar-refractivity contribution in [3.05, 3.63) is 11.6 Å². The van der Waals surface area contributed by atoms with E-state index in [1.54, 1.807) is 19.9 Å². The number of halogens is 5. The maximum absolute atomic E-state index is 12.4. The largest absolute Gasteiger partial charge is 0.461 e. The molecule has 9 heteroatoms. The fraction of sp³-hybridized carbons (Fsp3) is 0.667. The molecule has 0 aromatic carbocycles. The van der Waals surface area contributed by atoms with Gasteiger partial charge in [-0.2, -0.15) is 22.0 Å². The fourth-order valence-electron chi connectivity index (χ4n) is 0.903. The third-order valence-corrected chi connectivity index (χ3v) is 2.10. The number of rotatable bonds is 7. The molecule has 0 aliphatic carbocycles. The van der Waals surface area contributed by atoms with E-state index in [9.17, 15) is 31.5 Å². The van der Waals surface area contributed by atoms with Crippen molar-refractivity contribution in [1.82, 2.24) is 0 Å². The Kier molecular flexibility index (Phi) is 7.31. The van der Waals surface area contributed by atoms with Gasteiger partial charge in [0.15, 0.2) is 6.61 Å². The maximum atomic E-state index is 12.4. The Morgan fingerprint density at radius 1 is 0.952 bits per heavy atom. The monoisotopic (exact) mass is 318 g/mol. The van der Waals surface area contributed by atoms with Gasteiger partial charge in [-0.25, -0.2) is 0 Å². The molecule has 21 heavy (non-hydrogen) atoms. The quantitative estimate of drug-likeness (QED) is 0.411. The molecule has 0 radical (unpaired) electrons. The summed E-state index contributed by atoms with van der Waals surface area (Å²) in [5, 5.41) is 0. The molecule has 0 rings (SSSR count). The molecule has 0 N–H and O–H groups in total. The van der Waals surface area contributed by atoms with Crippen LogP contribution in [0.5, 0.6) is 0 Å². The summed E-state index contributed by atoms with van der Waals surface area (Å²) in [5.41, 5.74) is 0.900. The van der Waals surface area contributed by atoms with Crippen LogP contribution in [0.15, 0.2) is 11.6 Å². The van der Waals surface area contributed by atoms with Gasteiger partial charge in [0.2, 0.25) is 0 Å². The van der Waals surface area contributed by atoms with Crippen LogP contribution in [0.1, 0.15) is 26.7 Å².